The van der Waals surface area contributed by atoms with Crippen LogP contribution in [0.3, 0.4) is 0 Å². The Hall–Kier alpha value is 0.835. The van der Waals surface area contributed by atoms with E-state index in [0.717, 1.165) is 0 Å². The number of hydrogen-bond acceptors (Lipinski definition) is 1. The van der Waals surface area contributed by atoms with Gasteiger partial charge in [0, 0.05) is 0 Å². The second-order valence-corrected chi connectivity index (χ2v) is 0. The summed E-state index contributed by atoms with van der Waals surface area (Å²) in [7, 11) is 0. The van der Waals surface area contributed by atoms with Crippen LogP contribution < -0.4 is 0 Å². The molecule has 0 aliphatic heterocycles. The van der Waals surface area contributed by atoms with Crippen LogP contribution in [0.25, 0.3) is 0 Å². The Labute approximate surface area is 43.5 Å². The van der Waals surface area contributed by atoms with Gasteiger partial charge in [-0.05, 0) is 0 Å². The first-order chi connectivity index (χ1) is 1.00. The second-order valence-electron chi connectivity index (χ2n) is 0. The van der Waals surface area contributed by atoms with E-state index in [1.165, 1.54) is 0 Å². The molecule has 0 spiro atoms. The van der Waals surface area contributed by atoms with Gasteiger partial charge in [0.1, 0.15) is 0 Å². The molecule has 2 nitrogen and oxygen atoms in total. The van der Waals surface area contributed by atoms with Crippen molar-refractivity contribution in [1.29, 1.82) is 0 Å². The van der Waals surface area contributed by atoms with Crippen LogP contribution in [0.2, 0.25) is 0 Å². The molecule has 26 valence electrons. The van der Waals surface area contributed by atoms with Crippen molar-refractivity contribution in [1.82, 2.24) is 0 Å². The van der Waals surface area contributed by atoms with Crippen molar-refractivity contribution in [3.63, 3.8) is 0 Å². The van der Waals surface area contributed by atoms with Gasteiger partial charge < -0.3 is 5.48 Å². The van der Waals surface area contributed by atoms with E-state index in [1.54, 1.807) is 0 Å². The van der Waals surface area contributed by atoms with E-state index in [0.29, 0.717) is 0 Å². The molecule has 0 aromatic rings. The van der Waals surface area contributed by atoms with Crippen molar-refractivity contribution in [2.75, 3.05) is 0 Å². The second kappa shape index (κ2) is 44.2. The van der Waals surface area contributed by atoms with Crippen LogP contribution in [0.15, 0.2) is 0 Å². The van der Waals surface area contributed by atoms with Gasteiger partial charge in [0.05, 0.1) is 0 Å². The van der Waals surface area contributed by atoms with E-state index in [-0.39, 0.29) is 39.3 Å². The maximum atomic E-state index is 8.38. The summed E-state index contributed by atoms with van der Waals surface area (Å²) in [4.78, 5) is 0. The predicted octanol–water partition coefficient (Wildman–Crippen LogP) is -3.04. The first kappa shape index (κ1) is 21.1. The quantitative estimate of drug-likeness (QED) is 0.329. The normalized spacial score (nSPS) is 1.00. The molecule has 4 heavy (non-hydrogen) atoms. The predicted molar refractivity (Wildman–Crippen MR) is 22.8 cm³/mol. The summed E-state index contributed by atoms with van der Waals surface area (Å²) in [5.41, 5.74) is 0. The summed E-state index contributed by atoms with van der Waals surface area (Å²) in [5.74, 6) is 0. The monoisotopic (exact) mass is 140 g/mol. The van der Waals surface area contributed by atoms with Gasteiger partial charge in [-0.25, -0.2) is 0 Å². The Morgan fingerprint density at radius 1 is 1.25 bits per heavy atom. The maximum absolute atomic E-state index is 8.38. The van der Waals surface area contributed by atoms with Gasteiger partial charge >= 0.3 is 20.2 Å². The van der Waals surface area contributed by atoms with E-state index < -0.39 is 0 Å². The van der Waals surface area contributed by atoms with Crippen molar-refractivity contribution >= 4 is 33.8 Å². The minimum atomic E-state index is 0. The topological polar surface area (TPSA) is 48.6 Å². The summed E-state index contributed by atoms with van der Waals surface area (Å²) in [6.45, 7) is 0. The Morgan fingerprint density at radius 3 is 1.25 bits per heavy atom. The van der Waals surface area contributed by atoms with Gasteiger partial charge in [0.15, 0.2) is 17.4 Å². The first-order valence-electron chi connectivity index (χ1n) is 0.289. The molecule has 0 saturated heterocycles. The molecule has 0 aliphatic carbocycles. The standard InChI is InChI=1S/Al.GeH2O.H2O.3H/c;1-2;;;;/h;1H2;1H2;;;. The summed E-state index contributed by atoms with van der Waals surface area (Å²) in [6.07, 6.45) is 0. The molecule has 0 aliphatic rings. The van der Waals surface area contributed by atoms with Crippen molar-refractivity contribution in [2.45, 2.75) is 0 Å². The fraction of sp³-hybridized carbons (Fsp3) is 0. The van der Waals surface area contributed by atoms with Gasteiger partial charge in [-0.1, -0.05) is 0 Å². The molecule has 0 aromatic heterocycles. The average molecular weight is 139 g/mol. The average Bonchev–Trinajstić information content (AvgIpc) is 1.00. The summed E-state index contributed by atoms with van der Waals surface area (Å²) in [5, 5.41) is 0. The van der Waals surface area contributed by atoms with E-state index in [1.807, 2.05) is 0 Å². The number of rotatable bonds is 0. The Morgan fingerprint density at radius 2 is 1.25 bits per heavy atom. The van der Waals surface area contributed by atoms with Gasteiger partial charge in [-0.15, -0.1) is 0 Å². The summed E-state index contributed by atoms with van der Waals surface area (Å²) >= 11 is 0.125. The van der Waals surface area contributed by atoms with Crippen LogP contribution in [-0.2, 0) is 3.78 Å². The third-order valence-electron chi connectivity index (χ3n) is 0. The third-order valence-corrected chi connectivity index (χ3v) is 0. The van der Waals surface area contributed by atoms with Crippen molar-refractivity contribution in [3.05, 3.63) is 0 Å². The van der Waals surface area contributed by atoms with Crippen molar-refractivity contribution in [3.8, 4) is 0 Å². The van der Waals surface area contributed by atoms with Crippen LogP contribution in [0.5, 0.6) is 0 Å². The molecule has 4 heteroatoms. The molecule has 0 rings (SSSR count). The van der Waals surface area contributed by atoms with Gasteiger partial charge in [-0.2, -0.15) is 0 Å². The minimum absolute atomic E-state index is 0. The zero-order valence-corrected chi connectivity index (χ0v) is 4.58. The molecule has 0 fully saturated rings. The molecule has 0 saturated carbocycles. The van der Waals surface area contributed by atoms with E-state index in [4.69, 9.17) is 3.78 Å². The van der Waals surface area contributed by atoms with E-state index in [9.17, 15) is 0 Å². The first-order valence-corrected chi connectivity index (χ1v) is 1.50. The zero-order chi connectivity index (χ0) is 2.00. The molecular formula is H7AlGeO2. The molecule has 0 aromatic carbocycles. The fourth-order valence-corrected chi connectivity index (χ4v) is 0. The molecule has 0 atom stereocenters. The molecule has 0 radical (unpaired) electrons. The summed E-state index contributed by atoms with van der Waals surface area (Å²) in [6, 6.07) is 0. The van der Waals surface area contributed by atoms with Crippen LogP contribution in [-0.4, -0.2) is 39.3 Å². The van der Waals surface area contributed by atoms with Gasteiger partial charge in [0.25, 0.3) is 0 Å². The van der Waals surface area contributed by atoms with Crippen LogP contribution in [0.4, 0.5) is 0 Å². The van der Waals surface area contributed by atoms with Crippen molar-refractivity contribution < 1.29 is 9.25 Å². The van der Waals surface area contributed by atoms with Gasteiger partial charge in [0.2, 0.25) is 0 Å². The van der Waals surface area contributed by atoms with E-state index >= 15 is 0 Å². The molecule has 0 bridgehead atoms. The van der Waals surface area contributed by atoms with Crippen LogP contribution in [0, 0.1) is 0 Å². The van der Waals surface area contributed by atoms with Gasteiger partial charge in [-0.3, -0.25) is 0 Å². The Kier molecular flexibility index (Phi) is 233. The molecule has 2 N–H and O–H groups in total. The summed E-state index contributed by atoms with van der Waals surface area (Å²) < 4.78 is 8.38. The molecular weight excluding hydrogens is 132 g/mol. The molecule has 0 unspecified atom stereocenters. The van der Waals surface area contributed by atoms with E-state index in [2.05, 4.69) is 0 Å². The van der Waals surface area contributed by atoms with Crippen LogP contribution in [0.1, 0.15) is 0 Å². The van der Waals surface area contributed by atoms with Crippen molar-refractivity contribution in [2.24, 2.45) is 0 Å². The zero-order valence-electron chi connectivity index (χ0n) is 1.62. The molecule has 0 amide bonds. The van der Waals surface area contributed by atoms with Crippen LogP contribution >= 0.6 is 0 Å². The molecule has 0 heterocycles. The Bertz CT molecular complexity index is 6.00. The Balaban J connectivity index is -0.00000000500. The number of hydrogen-bond donors (Lipinski definition) is 0. The SMILES string of the molecule is O.[AlH3].[O]=[GeH2]. The fourth-order valence-electron chi connectivity index (χ4n) is 0. The third kappa shape index (κ3) is 13.7.